The fourth-order valence-electron chi connectivity index (χ4n) is 1.78. The third-order valence-corrected chi connectivity index (χ3v) is 3.23. The van der Waals surface area contributed by atoms with E-state index in [0.29, 0.717) is 16.6 Å². The first kappa shape index (κ1) is 15.5. The van der Waals surface area contributed by atoms with Gasteiger partial charge in [0, 0.05) is 35.0 Å². The van der Waals surface area contributed by atoms with Gasteiger partial charge < -0.3 is 16.0 Å². The third kappa shape index (κ3) is 4.85. The van der Waals surface area contributed by atoms with E-state index in [2.05, 4.69) is 16.0 Å². The van der Waals surface area contributed by atoms with Crippen LogP contribution in [0.2, 0.25) is 10.0 Å². The highest BCUT2D eigenvalue weighted by Crippen LogP contribution is 2.20. The van der Waals surface area contributed by atoms with Gasteiger partial charge in [-0.3, -0.25) is 0 Å². The van der Waals surface area contributed by atoms with Gasteiger partial charge in [0.25, 0.3) is 0 Å². The van der Waals surface area contributed by atoms with Crippen LogP contribution in [0.4, 0.5) is 16.2 Å². The molecule has 0 aliphatic rings. The maximum Gasteiger partial charge on any atom is 0.318 e. The Labute approximate surface area is 133 Å². The molecule has 2 amide bonds. The molecule has 0 heterocycles. The van der Waals surface area contributed by atoms with Crippen LogP contribution in [-0.2, 0) is 6.54 Å². The molecule has 0 aliphatic carbocycles. The summed E-state index contributed by atoms with van der Waals surface area (Å²) >= 11 is 11.9. The summed E-state index contributed by atoms with van der Waals surface area (Å²) in [5.74, 6) is 0. The lowest BCUT2D eigenvalue weighted by Crippen LogP contribution is -2.24. The maximum atomic E-state index is 11.2. The van der Waals surface area contributed by atoms with Gasteiger partial charge in [-0.05, 0) is 48.0 Å². The summed E-state index contributed by atoms with van der Waals surface area (Å²) in [7, 11) is 1.57. The molecule has 0 unspecified atom stereocenters. The number of anilines is 2. The van der Waals surface area contributed by atoms with E-state index in [1.807, 2.05) is 36.4 Å². The molecule has 2 aromatic rings. The molecule has 0 bridgehead atoms. The molecule has 0 spiro atoms. The van der Waals surface area contributed by atoms with Crippen LogP contribution in [0.5, 0.6) is 0 Å². The zero-order valence-corrected chi connectivity index (χ0v) is 12.9. The smallest absolute Gasteiger partial charge is 0.318 e. The standard InChI is InChI=1S/C15H15Cl2N3O/c1-18-15(21)20-14-4-2-13(3-5-14)19-9-10-6-11(16)8-12(17)7-10/h2-8,19H,9H2,1H3,(H2,18,20,21). The Kier molecular flexibility index (Phi) is 5.31. The first-order valence-corrected chi connectivity index (χ1v) is 7.10. The molecule has 0 aromatic heterocycles. The van der Waals surface area contributed by atoms with Gasteiger partial charge in [0.05, 0.1) is 0 Å². The minimum Gasteiger partial charge on any atom is -0.381 e. The molecule has 21 heavy (non-hydrogen) atoms. The van der Waals surface area contributed by atoms with Gasteiger partial charge in [0.1, 0.15) is 0 Å². The normalized spacial score (nSPS) is 10.0. The summed E-state index contributed by atoms with van der Waals surface area (Å²) < 4.78 is 0. The number of benzene rings is 2. The summed E-state index contributed by atoms with van der Waals surface area (Å²) in [5, 5.41) is 9.68. The molecule has 0 saturated heterocycles. The van der Waals surface area contributed by atoms with Crippen molar-refractivity contribution < 1.29 is 4.79 Å². The molecule has 3 N–H and O–H groups in total. The summed E-state index contributed by atoms with van der Waals surface area (Å²) in [5.41, 5.74) is 2.67. The number of carbonyl (C=O) groups excluding carboxylic acids is 1. The number of nitrogens with one attached hydrogen (secondary N) is 3. The minimum absolute atomic E-state index is 0.246. The molecule has 0 saturated carbocycles. The molecule has 0 radical (unpaired) electrons. The molecule has 4 nitrogen and oxygen atoms in total. The molecule has 0 aliphatic heterocycles. The van der Waals surface area contributed by atoms with E-state index in [1.54, 1.807) is 13.1 Å². The van der Waals surface area contributed by atoms with Gasteiger partial charge in [-0.25, -0.2) is 4.79 Å². The summed E-state index contributed by atoms with van der Waals surface area (Å²) in [6, 6.07) is 12.6. The number of rotatable bonds is 4. The number of halogens is 2. The van der Waals surface area contributed by atoms with E-state index in [0.717, 1.165) is 16.9 Å². The van der Waals surface area contributed by atoms with Crippen LogP contribution in [0.15, 0.2) is 42.5 Å². The number of amides is 2. The Morgan fingerprint density at radius 2 is 1.57 bits per heavy atom. The van der Waals surface area contributed by atoms with Crippen LogP contribution in [0, 0.1) is 0 Å². The monoisotopic (exact) mass is 323 g/mol. The number of hydrogen-bond acceptors (Lipinski definition) is 2. The van der Waals surface area contributed by atoms with Crippen LogP contribution in [0.3, 0.4) is 0 Å². The average Bonchev–Trinajstić information content (AvgIpc) is 2.45. The van der Waals surface area contributed by atoms with Crippen molar-refractivity contribution in [1.29, 1.82) is 0 Å². The third-order valence-electron chi connectivity index (χ3n) is 2.79. The van der Waals surface area contributed by atoms with Crippen LogP contribution in [-0.4, -0.2) is 13.1 Å². The number of hydrogen-bond donors (Lipinski definition) is 3. The molecule has 110 valence electrons. The molecular weight excluding hydrogens is 309 g/mol. The van der Waals surface area contributed by atoms with Gasteiger partial charge >= 0.3 is 6.03 Å². The highest BCUT2D eigenvalue weighted by Gasteiger charge is 2.00. The second kappa shape index (κ2) is 7.20. The van der Waals surface area contributed by atoms with Gasteiger partial charge in [0.15, 0.2) is 0 Å². The second-order valence-corrected chi connectivity index (χ2v) is 5.29. The lowest BCUT2D eigenvalue weighted by atomic mass is 10.2. The Morgan fingerprint density at radius 3 is 2.14 bits per heavy atom. The van der Waals surface area contributed by atoms with Crippen molar-refractivity contribution in [1.82, 2.24) is 5.32 Å². The lowest BCUT2D eigenvalue weighted by Gasteiger charge is -2.09. The predicted octanol–water partition coefficient (Wildman–Crippen LogP) is 4.36. The van der Waals surface area contributed by atoms with Gasteiger partial charge in [-0.15, -0.1) is 0 Å². The van der Waals surface area contributed by atoms with Crippen molar-refractivity contribution >= 4 is 40.6 Å². The Hall–Kier alpha value is -1.91. The summed E-state index contributed by atoms with van der Waals surface area (Å²) in [4.78, 5) is 11.2. The van der Waals surface area contributed by atoms with Crippen molar-refractivity contribution in [3.8, 4) is 0 Å². The Morgan fingerprint density at radius 1 is 1.00 bits per heavy atom. The number of urea groups is 1. The molecule has 6 heteroatoms. The maximum absolute atomic E-state index is 11.2. The number of carbonyl (C=O) groups is 1. The van der Waals surface area contributed by atoms with Crippen molar-refractivity contribution in [2.24, 2.45) is 0 Å². The van der Waals surface area contributed by atoms with E-state index in [4.69, 9.17) is 23.2 Å². The van der Waals surface area contributed by atoms with E-state index < -0.39 is 0 Å². The van der Waals surface area contributed by atoms with Crippen LogP contribution in [0.1, 0.15) is 5.56 Å². The van der Waals surface area contributed by atoms with Gasteiger partial charge in [-0.1, -0.05) is 23.2 Å². The van der Waals surface area contributed by atoms with Gasteiger partial charge in [0.2, 0.25) is 0 Å². The van der Waals surface area contributed by atoms with Crippen LogP contribution >= 0.6 is 23.2 Å². The van der Waals surface area contributed by atoms with E-state index >= 15 is 0 Å². The second-order valence-electron chi connectivity index (χ2n) is 4.41. The fourth-order valence-corrected chi connectivity index (χ4v) is 2.35. The molecule has 2 aromatic carbocycles. The average molecular weight is 324 g/mol. The summed E-state index contributed by atoms with van der Waals surface area (Å²) in [6.45, 7) is 0.614. The Bertz CT molecular complexity index is 609. The lowest BCUT2D eigenvalue weighted by molar-refractivity contribution is 0.254. The van der Waals surface area contributed by atoms with Crippen molar-refractivity contribution in [3.05, 3.63) is 58.1 Å². The molecule has 0 atom stereocenters. The van der Waals surface area contributed by atoms with E-state index in [1.165, 1.54) is 0 Å². The van der Waals surface area contributed by atoms with E-state index in [-0.39, 0.29) is 6.03 Å². The highest BCUT2D eigenvalue weighted by atomic mass is 35.5. The topological polar surface area (TPSA) is 53.2 Å². The van der Waals surface area contributed by atoms with Crippen LogP contribution in [0.25, 0.3) is 0 Å². The fraction of sp³-hybridized carbons (Fsp3) is 0.133. The zero-order chi connectivity index (χ0) is 15.2. The SMILES string of the molecule is CNC(=O)Nc1ccc(NCc2cc(Cl)cc(Cl)c2)cc1. The predicted molar refractivity (Wildman–Crippen MR) is 88.3 cm³/mol. The van der Waals surface area contributed by atoms with Crippen LogP contribution < -0.4 is 16.0 Å². The van der Waals surface area contributed by atoms with Crippen molar-refractivity contribution in [2.45, 2.75) is 6.54 Å². The van der Waals surface area contributed by atoms with Gasteiger partial charge in [-0.2, -0.15) is 0 Å². The van der Waals surface area contributed by atoms with Crippen molar-refractivity contribution in [3.63, 3.8) is 0 Å². The first-order chi connectivity index (χ1) is 10.1. The molecule has 0 fully saturated rings. The molecule has 2 rings (SSSR count). The Balaban J connectivity index is 1.95. The minimum atomic E-state index is -0.246. The summed E-state index contributed by atoms with van der Waals surface area (Å²) in [6.07, 6.45) is 0. The first-order valence-electron chi connectivity index (χ1n) is 6.34. The quantitative estimate of drug-likeness (QED) is 0.783. The zero-order valence-electron chi connectivity index (χ0n) is 11.4. The van der Waals surface area contributed by atoms with Crippen molar-refractivity contribution in [2.75, 3.05) is 17.7 Å². The highest BCUT2D eigenvalue weighted by molar-refractivity contribution is 6.34. The van der Waals surface area contributed by atoms with E-state index in [9.17, 15) is 4.79 Å². The molecular formula is C15H15Cl2N3O. The largest absolute Gasteiger partial charge is 0.381 e.